The van der Waals surface area contributed by atoms with Crippen molar-refractivity contribution in [3.63, 3.8) is 0 Å². The Hall–Kier alpha value is -3.17. The van der Waals surface area contributed by atoms with Gasteiger partial charge in [-0.05, 0) is 62.6 Å². The molecule has 1 saturated heterocycles. The van der Waals surface area contributed by atoms with Crippen LogP contribution in [0, 0.1) is 0 Å². The first-order valence-electron chi connectivity index (χ1n) is 13.8. The van der Waals surface area contributed by atoms with E-state index in [-0.39, 0.29) is 6.09 Å². The van der Waals surface area contributed by atoms with Gasteiger partial charge in [-0.2, -0.15) is 0 Å². The number of hydrogen-bond donors (Lipinski definition) is 2. The van der Waals surface area contributed by atoms with Crippen LogP contribution >= 0.6 is 27.5 Å². The van der Waals surface area contributed by atoms with E-state index in [1.807, 2.05) is 45.0 Å². The Labute approximate surface area is 253 Å². The van der Waals surface area contributed by atoms with E-state index >= 15 is 0 Å². The van der Waals surface area contributed by atoms with E-state index in [4.69, 9.17) is 26.8 Å². The number of alkyl halides is 1. The average Bonchev–Trinajstić information content (AvgIpc) is 3.28. The minimum absolute atomic E-state index is 0.277. The molecule has 2 heterocycles. The number of primary amides is 1. The molecule has 1 unspecified atom stereocenters. The van der Waals surface area contributed by atoms with Crippen LogP contribution in [0.25, 0.3) is 16.5 Å². The van der Waals surface area contributed by atoms with Gasteiger partial charge in [-0.15, -0.1) is 0 Å². The van der Waals surface area contributed by atoms with Crippen molar-refractivity contribution in [2.45, 2.75) is 45.1 Å². The van der Waals surface area contributed by atoms with Crippen molar-refractivity contribution >= 4 is 61.7 Å². The van der Waals surface area contributed by atoms with Crippen molar-refractivity contribution in [2.75, 3.05) is 43.0 Å². The number of amides is 2. The van der Waals surface area contributed by atoms with Crippen LogP contribution in [0.3, 0.4) is 0 Å². The third-order valence-electron chi connectivity index (χ3n) is 7.65. The molecule has 1 aromatic heterocycles. The zero-order valence-electron chi connectivity index (χ0n) is 23.9. The van der Waals surface area contributed by atoms with Crippen LogP contribution in [0.2, 0.25) is 5.02 Å². The highest BCUT2D eigenvalue weighted by molar-refractivity contribution is 9.09. The van der Waals surface area contributed by atoms with E-state index in [2.05, 4.69) is 50.9 Å². The normalized spacial score (nSPS) is 19.1. The standard InChI is InChI=1S/C31H36BrClN4O4/c1-30(2,3)41-29(39)37-12-10-36(11-13-37)20-6-7-21-22-17-31(4,18-23(28(34)38)27(22)35-25(21)16-20)19-5-8-26(24(33)15-19)40-14-9-32/h5-8,15-16,18,35H,9-14,17H2,1-4H3,(H2,34,38). The van der Waals surface area contributed by atoms with Crippen LogP contribution < -0.4 is 15.4 Å². The van der Waals surface area contributed by atoms with E-state index in [0.717, 1.165) is 33.4 Å². The first-order valence-corrected chi connectivity index (χ1v) is 15.3. The van der Waals surface area contributed by atoms with Crippen molar-refractivity contribution in [2.24, 2.45) is 5.73 Å². The summed E-state index contributed by atoms with van der Waals surface area (Å²) in [6, 6.07) is 12.1. The molecule has 3 N–H and O–H groups in total. The number of nitrogens with two attached hydrogens (primary N) is 1. The van der Waals surface area contributed by atoms with Gasteiger partial charge >= 0.3 is 6.09 Å². The Morgan fingerprint density at radius 1 is 1.12 bits per heavy atom. The molecule has 0 spiro atoms. The monoisotopic (exact) mass is 642 g/mol. The van der Waals surface area contributed by atoms with Crippen molar-refractivity contribution in [3.8, 4) is 5.75 Å². The lowest BCUT2D eigenvalue weighted by molar-refractivity contribution is -0.112. The SMILES string of the molecule is CC(C)(C)OC(=O)N1CCN(c2ccc3c4c([nH]c3c2)C(C(N)=O)=CC(C)(c2ccc(OCCBr)c(Cl)c2)C4)CC1. The van der Waals surface area contributed by atoms with Crippen LogP contribution in [0.5, 0.6) is 5.75 Å². The second-order valence-corrected chi connectivity index (χ2v) is 13.1. The minimum Gasteiger partial charge on any atom is -0.491 e. The molecule has 2 aliphatic rings. The van der Waals surface area contributed by atoms with Gasteiger partial charge < -0.3 is 30.0 Å². The largest absolute Gasteiger partial charge is 0.491 e. The molecule has 2 amide bonds. The highest BCUT2D eigenvalue weighted by atomic mass is 79.9. The van der Waals surface area contributed by atoms with Crippen molar-refractivity contribution in [1.29, 1.82) is 0 Å². The molecule has 218 valence electrons. The molecular formula is C31H36BrClN4O4. The van der Waals surface area contributed by atoms with Crippen LogP contribution in [0.1, 0.15) is 44.5 Å². The number of piperazine rings is 1. The van der Waals surface area contributed by atoms with E-state index in [1.165, 1.54) is 0 Å². The summed E-state index contributed by atoms with van der Waals surface area (Å²) in [6.07, 6.45) is 2.35. The number of ether oxygens (including phenoxy) is 2. The number of fused-ring (bicyclic) bond motifs is 3. The molecule has 0 radical (unpaired) electrons. The van der Waals surface area contributed by atoms with Gasteiger partial charge in [0.05, 0.1) is 22.9 Å². The molecule has 41 heavy (non-hydrogen) atoms. The highest BCUT2D eigenvalue weighted by Crippen LogP contribution is 2.44. The fourth-order valence-electron chi connectivity index (χ4n) is 5.64. The number of nitrogens with zero attached hydrogens (tertiary/aromatic N) is 2. The van der Waals surface area contributed by atoms with Crippen molar-refractivity contribution in [3.05, 3.63) is 64.3 Å². The van der Waals surface area contributed by atoms with Crippen molar-refractivity contribution in [1.82, 2.24) is 9.88 Å². The first-order chi connectivity index (χ1) is 19.4. The fraction of sp³-hybridized carbons (Fsp3) is 0.419. The minimum atomic E-state index is -0.516. The van der Waals surface area contributed by atoms with E-state index < -0.39 is 16.9 Å². The Kier molecular flexibility index (Phi) is 8.05. The van der Waals surface area contributed by atoms with Crippen molar-refractivity contribution < 1.29 is 19.1 Å². The zero-order chi connectivity index (χ0) is 29.5. The third-order valence-corrected chi connectivity index (χ3v) is 8.27. The topological polar surface area (TPSA) is 101 Å². The van der Waals surface area contributed by atoms with E-state index in [0.29, 0.717) is 60.9 Å². The Bertz CT molecular complexity index is 1520. The van der Waals surface area contributed by atoms with E-state index in [9.17, 15) is 9.59 Å². The smallest absolute Gasteiger partial charge is 0.410 e. The van der Waals surface area contributed by atoms with Crippen LogP contribution in [-0.4, -0.2) is 65.6 Å². The molecule has 0 bridgehead atoms. The summed E-state index contributed by atoms with van der Waals surface area (Å²) in [6.45, 7) is 10.8. The molecule has 0 saturated carbocycles. The van der Waals surface area contributed by atoms with Gasteiger partial charge in [0.15, 0.2) is 0 Å². The summed E-state index contributed by atoms with van der Waals surface area (Å²) in [4.78, 5) is 32.7. The molecule has 1 fully saturated rings. The second kappa shape index (κ2) is 11.2. The molecule has 1 aliphatic heterocycles. The second-order valence-electron chi connectivity index (χ2n) is 11.9. The number of carbonyl (C=O) groups excluding carboxylic acids is 2. The lowest BCUT2D eigenvalue weighted by Gasteiger charge is -2.36. The maximum Gasteiger partial charge on any atom is 0.410 e. The summed E-state index contributed by atoms with van der Waals surface area (Å²) in [5.41, 5.74) is 10.1. The molecule has 1 aliphatic carbocycles. The third kappa shape index (κ3) is 6.06. The van der Waals surface area contributed by atoms with Gasteiger partial charge in [-0.3, -0.25) is 4.79 Å². The number of allylic oxidation sites excluding steroid dienone is 1. The number of rotatable bonds is 6. The summed E-state index contributed by atoms with van der Waals surface area (Å²) in [5.74, 6) is 0.145. The molecule has 2 aromatic carbocycles. The number of hydrogen-bond acceptors (Lipinski definition) is 5. The number of aromatic nitrogens is 1. The van der Waals surface area contributed by atoms with E-state index in [1.54, 1.807) is 4.90 Å². The molecule has 10 heteroatoms. The zero-order valence-corrected chi connectivity index (χ0v) is 26.2. The predicted molar refractivity (Wildman–Crippen MR) is 167 cm³/mol. The molecule has 8 nitrogen and oxygen atoms in total. The van der Waals surface area contributed by atoms with Gasteiger partial charge in [-0.1, -0.05) is 52.7 Å². The quantitative estimate of drug-likeness (QED) is 0.319. The van der Waals surface area contributed by atoms with Crippen LogP contribution in [0.15, 0.2) is 42.5 Å². The fourth-order valence-corrected chi connectivity index (χ4v) is 6.03. The number of nitrogens with one attached hydrogen (secondary N) is 1. The average molecular weight is 644 g/mol. The van der Waals surface area contributed by atoms with Gasteiger partial charge in [0.2, 0.25) is 0 Å². The highest BCUT2D eigenvalue weighted by Gasteiger charge is 2.36. The van der Waals surface area contributed by atoms with Crippen LogP contribution in [0.4, 0.5) is 10.5 Å². The van der Waals surface area contributed by atoms with Gasteiger partial charge in [0, 0.05) is 53.5 Å². The summed E-state index contributed by atoms with van der Waals surface area (Å²) >= 11 is 9.94. The predicted octanol–water partition coefficient (Wildman–Crippen LogP) is 6.03. The Balaban J connectivity index is 1.41. The summed E-state index contributed by atoms with van der Waals surface area (Å²) in [7, 11) is 0. The van der Waals surface area contributed by atoms with Crippen LogP contribution in [-0.2, 0) is 21.4 Å². The maximum absolute atomic E-state index is 12.7. The maximum atomic E-state index is 12.7. The number of H-pyrrole nitrogens is 1. The van der Waals surface area contributed by atoms with Gasteiger partial charge in [0.1, 0.15) is 11.4 Å². The number of anilines is 1. The van der Waals surface area contributed by atoms with Gasteiger partial charge in [0.25, 0.3) is 5.91 Å². The Morgan fingerprint density at radius 2 is 1.85 bits per heavy atom. The molecule has 1 atom stereocenters. The number of halogens is 2. The number of benzene rings is 2. The van der Waals surface area contributed by atoms with Gasteiger partial charge in [-0.25, -0.2) is 4.79 Å². The number of aromatic amines is 1. The summed E-state index contributed by atoms with van der Waals surface area (Å²) in [5, 5.41) is 2.29. The Morgan fingerprint density at radius 3 is 2.49 bits per heavy atom. The first kappa shape index (κ1) is 29.3. The number of carbonyl (C=O) groups is 2. The molecule has 5 rings (SSSR count). The molecular weight excluding hydrogens is 608 g/mol. The summed E-state index contributed by atoms with van der Waals surface area (Å²) < 4.78 is 11.3. The lowest BCUT2D eigenvalue weighted by atomic mass is 9.71. The molecule has 3 aromatic rings. The lowest BCUT2D eigenvalue weighted by Crippen LogP contribution is -2.50.